The second kappa shape index (κ2) is 6.54. The Morgan fingerprint density at radius 1 is 1.35 bits per heavy atom. The van der Waals surface area contributed by atoms with Crippen molar-refractivity contribution in [2.75, 3.05) is 17.7 Å². The van der Waals surface area contributed by atoms with Crippen molar-refractivity contribution in [3.63, 3.8) is 0 Å². The Morgan fingerprint density at radius 2 is 2.06 bits per heavy atom. The molecule has 0 amide bonds. The zero-order chi connectivity index (χ0) is 12.9. The Morgan fingerprint density at radius 3 is 2.59 bits per heavy atom. The van der Waals surface area contributed by atoms with E-state index in [0.717, 1.165) is 22.7 Å². The van der Waals surface area contributed by atoms with Crippen LogP contribution in [-0.4, -0.2) is 23.9 Å². The molecule has 96 valence electrons. The van der Waals surface area contributed by atoms with Gasteiger partial charge >= 0.3 is 6.18 Å². The lowest BCUT2D eigenvalue weighted by atomic mass is 10.2. The molecule has 0 heterocycles. The number of hydrogen-bond donors (Lipinski definition) is 0. The molecule has 0 aromatic heterocycles. The normalized spacial score (nSPS) is 11.6. The zero-order valence-corrected chi connectivity index (χ0v) is 11.6. The number of hydrogen-bond acceptors (Lipinski definition) is 2. The summed E-state index contributed by atoms with van der Waals surface area (Å²) < 4.78 is 41.5. The fourth-order valence-corrected chi connectivity index (χ4v) is 2.10. The third-order valence-electron chi connectivity index (χ3n) is 1.88. The van der Waals surface area contributed by atoms with Gasteiger partial charge in [-0.3, -0.25) is 0 Å². The lowest BCUT2D eigenvalue weighted by Gasteiger charge is -2.10. The van der Waals surface area contributed by atoms with Gasteiger partial charge in [0.2, 0.25) is 0 Å². The number of aryl methyl sites for hydroxylation is 1. The highest BCUT2D eigenvalue weighted by molar-refractivity contribution is 9.09. The van der Waals surface area contributed by atoms with E-state index in [-0.39, 0.29) is 0 Å². The van der Waals surface area contributed by atoms with Gasteiger partial charge in [-0.15, -0.1) is 11.8 Å². The van der Waals surface area contributed by atoms with E-state index in [1.807, 2.05) is 6.92 Å². The molecular formula is C11H12BrF3OS. The van der Waals surface area contributed by atoms with Crippen molar-refractivity contribution < 1.29 is 17.9 Å². The summed E-state index contributed by atoms with van der Waals surface area (Å²) >= 11 is 4.02. The predicted molar refractivity (Wildman–Crippen MR) is 67.2 cm³/mol. The van der Waals surface area contributed by atoms with Crippen LogP contribution in [0.2, 0.25) is 0 Å². The van der Waals surface area contributed by atoms with Crippen LogP contribution in [0, 0.1) is 6.92 Å². The molecule has 0 saturated carbocycles. The van der Waals surface area contributed by atoms with E-state index in [0.29, 0.717) is 17.3 Å². The predicted octanol–water partition coefficient (Wildman–Crippen LogP) is 4.42. The average molecular weight is 329 g/mol. The molecule has 0 fully saturated rings. The summed E-state index contributed by atoms with van der Waals surface area (Å²) in [5.41, 5.74) is 0.845. The van der Waals surface area contributed by atoms with Crippen molar-refractivity contribution >= 4 is 27.7 Å². The molecule has 0 saturated heterocycles. The van der Waals surface area contributed by atoms with Gasteiger partial charge in [-0.2, -0.15) is 13.2 Å². The molecule has 0 bridgehead atoms. The lowest BCUT2D eigenvalue weighted by molar-refractivity contribution is -0.105. The Bertz CT molecular complexity index is 368. The average Bonchev–Trinajstić information content (AvgIpc) is 2.24. The van der Waals surface area contributed by atoms with Crippen LogP contribution in [0.4, 0.5) is 13.2 Å². The summed E-state index contributed by atoms with van der Waals surface area (Å²) in [7, 11) is 0. The number of rotatable bonds is 5. The third kappa shape index (κ3) is 5.68. The smallest absolute Gasteiger partial charge is 0.398 e. The van der Waals surface area contributed by atoms with Gasteiger partial charge < -0.3 is 4.74 Å². The largest absolute Gasteiger partial charge is 0.492 e. The highest BCUT2D eigenvalue weighted by Gasteiger charge is 2.27. The summed E-state index contributed by atoms with van der Waals surface area (Å²) in [6, 6.07) is 5.06. The first-order valence-corrected chi connectivity index (χ1v) is 7.02. The molecule has 0 aliphatic heterocycles. The Balaban J connectivity index is 2.62. The van der Waals surface area contributed by atoms with Gasteiger partial charge in [-0.05, 0) is 30.7 Å². The number of alkyl halides is 4. The fraction of sp³-hybridized carbons (Fsp3) is 0.455. The van der Waals surface area contributed by atoms with E-state index in [1.165, 1.54) is 0 Å². The molecule has 1 aromatic carbocycles. The fourth-order valence-electron chi connectivity index (χ4n) is 1.19. The van der Waals surface area contributed by atoms with Crippen LogP contribution in [0.1, 0.15) is 5.56 Å². The van der Waals surface area contributed by atoms with Crippen molar-refractivity contribution in [1.29, 1.82) is 0 Å². The number of thioether (sulfide) groups is 1. The van der Waals surface area contributed by atoms with Crippen LogP contribution in [0.15, 0.2) is 23.1 Å². The topological polar surface area (TPSA) is 9.23 Å². The van der Waals surface area contributed by atoms with Crippen LogP contribution < -0.4 is 4.74 Å². The van der Waals surface area contributed by atoms with Gasteiger partial charge in [-0.25, -0.2) is 0 Å². The van der Waals surface area contributed by atoms with Crippen molar-refractivity contribution in [2.45, 2.75) is 18.0 Å². The van der Waals surface area contributed by atoms with Gasteiger partial charge in [0, 0.05) is 10.2 Å². The molecule has 6 heteroatoms. The summed E-state index contributed by atoms with van der Waals surface area (Å²) in [5, 5.41) is 0.719. The highest BCUT2D eigenvalue weighted by atomic mass is 79.9. The molecule has 1 rings (SSSR count). The molecule has 0 aliphatic carbocycles. The van der Waals surface area contributed by atoms with Gasteiger partial charge in [0.15, 0.2) is 0 Å². The SMILES string of the molecule is Cc1cc(SCC(F)(F)F)ccc1OCCBr. The van der Waals surface area contributed by atoms with Crippen LogP contribution in [0.3, 0.4) is 0 Å². The molecule has 0 N–H and O–H groups in total. The minimum absolute atomic E-state index is 0.538. The van der Waals surface area contributed by atoms with Crippen LogP contribution in [-0.2, 0) is 0 Å². The highest BCUT2D eigenvalue weighted by Crippen LogP contribution is 2.30. The van der Waals surface area contributed by atoms with Gasteiger partial charge in [0.1, 0.15) is 5.75 Å². The third-order valence-corrected chi connectivity index (χ3v) is 3.27. The lowest BCUT2D eigenvalue weighted by Crippen LogP contribution is -2.10. The van der Waals surface area contributed by atoms with Crippen LogP contribution in [0.5, 0.6) is 5.75 Å². The van der Waals surface area contributed by atoms with E-state index >= 15 is 0 Å². The first-order valence-electron chi connectivity index (χ1n) is 4.91. The van der Waals surface area contributed by atoms with Crippen molar-refractivity contribution in [1.82, 2.24) is 0 Å². The minimum atomic E-state index is -4.14. The molecule has 1 nitrogen and oxygen atoms in total. The molecule has 1 aromatic rings. The number of benzene rings is 1. The van der Waals surface area contributed by atoms with Gasteiger partial charge in [-0.1, -0.05) is 15.9 Å². The summed E-state index contributed by atoms with van der Waals surface area (Å²) in [6.07, 6.45) is -4.14. The second-order valence-corrected chi connectivity index (χ2v) is 5.21. The maximum absolute atomic E-state index is 12.0. The van der Waals surface area contributed by atoms with Crippen LogP contribution >= 0.6 is 27.7 Å². The molecule has 0 aliphatic rings. The van der Waals surface area contributed by atoms with E-state index in [1.54, 1.807) is 18.2 Å². The molecule has 0 atom stereocenters. The Labute approximate surface area is 111 Å². The van der Waals surface area contributed by atoms with E-state index in [2.05, 4.69) is 15.9 Å². The zero-order valence-electron chi connectivity index (χ0n) is 9.18. The van der Waals surface area contributed by atoms with E-state index in [4.69, 9.17) is 4.74 Å². The summed E-state index contributed by atoms with van der Waals surface area (Å²) in [5.74, 6) is -0.158. The molecular weight excluding hydrogens is 317 g/mol. The van der Waals surface area contributed by atoms with E-state index in [9.17, 15) is 13.2 Å². The Kier molecular flexibility index (Phi) is 5.66. The van der Waals surface area contributed by atoms with Crippen molar-refractivity contribution in [3.05, 3.63) is 23.8 Å². The Hall–Kier alpha value is -0.360. The molecule has 0 radical (unpaired) electrons. The first kappa shape index (κ1) is 14.7. The van der Waals surface area contributed by atoms with Gasteiger partial charge in [0.25, 0.3) is 0 Å². The monoisotopic (exact) mass is 328 g/mol. The number of ether oxygens (including phenoxy) is 1. The standard InChI is InChI=1S/C11H12BrF3OS/c1-8-6-9(17-7-11(13,14)15)2-3-10(8)16-5-4-12/h2-3,6H,4-5,7H2,1H3. The van der Waals surface area contributed by atoms with E-state index < -0.39 is 11.9 Å². The maximum Gasteiger partial charge on any atom is 0.398 e. The van der Waals surface area contributed by atoms with Crippen molar-refractivity contribution in [3.8, 4) is 5.75 Å². The first-order chi connectivity index (χ1) is 7.92. The van der Waals surface area contributed by atoms with Gasteiger partial charge in [0.05, 0.1) is 12.4 Å². The second-order valence-electron chi connectivity index (χ2n) is 3.37. The summed E-state index contributed by atoms with van der Waals surface area (Å²) in [6.45, 7) is 2.36. The molecule has 17 heavy (non-hydrogen) atoms. The maximum atomic E-state index is 12.0. The molecule has 0 spiro atoms. The minimum Gasteiger partial charge on any atom is -0.492 e. The number of halogens is 4. The van der Waals surface area contributed by atoms with Crippen molar-refractivity contribution in [2.24, 2.45) is 0 Å². The van der Waals surface area contributed by atoms with Crippen LogP contribution in [0.25, 0.3) is 0 Å². The summed E-state index contributed by atoms with van der Waals surface area (Å²) in [4.78, 5) is 0.603. The molecule has 0 unspecified atom stereocenters. The quantitative estimate of drug-likeness (QED) is 0.584.